The lowest BCUT2D eigenvalue weighted by molar-refractivity contribution is 0.651. The molecule has 0 spiro atoms. The zero-order valence-corrected chi connectivity index (χ0v) is 11.0. The van der Waals surface area contributed by atoms with E-state index in [0.717, 1.165) is 0 Å². The Labute approximate surface area is 103 Å². The van der Waals surface area contributed by atoms with Crippen molar-refractivity contribution in [3.8, 4) is 5.69 Å². The SMILES string of the molecule is CNC(C)c1cccc(-n2c(C)ccc2C)c1. The van der Waals surface area contributed by atoms with Crippen LogP contribution in [0.2, 0.25) is 0 Å². The zero-order chi connectivity index (χ0) is 12.4. The van der Waals surface area contributed by atoms with Gasteiger partial charge in [-0.25, -0.2) is 0 Å². The number of nitrogens with one attached hydrogen (secondary N) is 1. The fourth-order valence-corrected chi connectivity index (χ4v) is 2.18. The largest absolute Gasteiger partial charge is 0.319 e. The first kappa shape index (κ1) is 11.9. The Morgan fingerprint density at radius 1 is 1.06 bits per heavy atom. The van der Waals surface area contributed by atoms with Gasteiger partial charge in [0, 0.05) is 23.1 Å². The van der Waals surface area contributed by atoms with E-state index in [1.54, 1.807) is 0 Å². The summed E-state index contributed by atoms with van der Waals surface area (Å²) in [5.41, 5.74) is 5.11. The third-order valence-electron chi connectivity index (χ3n) is 3.33. The van der Waals surface area contributed by atoms with Crippen LogP contribution in [0.4, 0.5) is 0 Å². The minimum Gasteiger partial charge on any atom is -0.319 e. The molecule has 0 bridgehead atoms. The normalized spacial score (nSPS) is 12.7. The molecule has 1 aromatic heterocycles. The lowest BCUT2D eigenvalue weighted by atomic mass is 10.1. The van der Waals surface area contributed by atoms with E-state index < -0.39 is 0 Å². The van der Waals surface area contributed by atoms with Crippen LogP contribution in [0.25, 0.3) is 5.69 Å². The Morgan fingerprint density at radius 2 is 1.71 bits per heavy atom. The fourth-order valence-electron chi connectivity index (χ4n) is 2.18. The van der Waals surface area contributed by atoms with Gasteiger partial charge in [0.25, 0.3) is 0 Å². The van der Waals surface area contributed by atoms with Crippen LogP contribution in [-0.4, -0.2) is 11.6 Å². The van der Waals surface area contributed by atoms with Crippen molar-refractivity contribution >= 4 is 0 Å². The molecular formula is C15H20N2. The van der Waals surface area contributed by atoms with Gasteiger partial charge in [0.2, 0.25) is 0 Å². The highest BCUT2D eigenvalue weighted by atomic mass is 15.0. The standard InChI is InChI=1S/C15H20N2/c1-11-8-9-12(2)17(11)15-7-5-6-14(10-15)13(3)16-4/h5-10,13,16H,1-4H3. The highest BCUT2D eigenvalue weighted by Gasteiger charge is 2.07. The molecule has 1 unspecified atom stereocenters. The molecule has 1 N–H and O–H groups in total. The Bertz CT molecular complexity index is 492. The number of rotatable bonds is 3. The minimum atomic E-state index is 0.381. The topological polar surface area (TPSA) is 17.0 Å². The van der Waals surface area contributed by atoms with Crippen molar-refractivity contribution in [2.45, 2.75) is 26.8 Å². The third-order valence-corrected chi connectivity index (χ3v) is 3.33. The molecule has 1 atom stereocenters. The molecule has 0 aliphatic rings. The first-order valence-electron chi connectivity index (χ1n) is 6.06. The molecule has 0 aliphatic heterocycles. The summed E-state index contributed by atoms with van der Waals surface area (Å²) in [7, 11) is 1.99. The second-order valence-electron chi connectivity index (χ2n) is 4.56. The summed E-state index contributed by atoms with van der Waals surface area (Å²) >= 11 is 0. The molecule has 0 fully saturated rings. The average molecular weight is 228 g/mol. The van der Waals surface area contributed by atoms with E-state index in [4.69, 9.17) is 0 Å². The predicted octanol–water partition coefficient (Wildman–Crippen LogP) is 3.37. The van der Waals surface area contributed by atoms with Gasteiger partial charge in [-0.1, -0.05) is 12.1 Å². The quantitative estimate of drug-likeness (QED) is 0.852. The van der Waals surface area contributed by atoms with Gasteiger partial charge in [-0.2, -0.15) is 0 Å². The molecule has 0 saturated carbocycles. The van der Waals surface area contributed by atoms with E-state index in [1.165, 1.54) is 22.6 Å². The summed E-state index contributed by atoms with van der Waals surface area (Å²) in [5, 5.41) is 3.27. The molecule has 0 amide bonds. The second kappa shape index (κ2) is 4.76. The van der Waals surface area contributed by atoms with Crippen LogP contribution in [0.5, 0.6) is 0 Å². The summed E-state index contributed by atoms with van der Waals surface area (Å²) < 4.78 is 2.28. The highest BCUT2D eigenvalue weighted by Crippen LogP contribution is 2.20. The lowest BCUT2D eigenvalue weighted by Crippen LogP contribution is -2.12. The van der Waals surface area contributed by atoms with Crippen LogP contribution in [0, 0.1) is 13.8 Å². The number of aromatic nitrogens is 1. The van der Waals surface area contributed by atoms with E-state index in [0.29, 0.717) is 6.04 Å². The molecule has 17 heavy (non-hydrogen) atoms. The molecule has 1 heterocycles. The third kappa shape index (κ3) is 2.27. The van der Waals surface area contributed by atoms with Gasteiger partial charge in [-0.15, -0.1) is 0 Å². The maximum Gasteiger partial charge on any atom is 0.0458 e. The molecule has 2 heteroatoms. The molecule has 1 aromatic carbocycles. The molecule has 0 saturated heterocycles. The Kier molecular flexibility index (Phi) is 3.34. The number of hydrogen-bond donors (Lipinski definition) is 1. The van der Waals surface area contributed by atoms with Crippen LogP contribution in [-0.2, 0) is 0 Å². The van der Waals surface area contributed by atoms with Gasteiger partial charge in [-0.3, -0.25) is 0 Å². The molecular weight excluding hydrogens is 208 g/mol. The number of nitrogens with zero attached hydrogens (tertiary/aromatic N) is 1. The average Bonchev–Trinajstić information content (AvgIpc) is 2.68. The van der Waals surface area contributed by atoms with Crippen molar-refractivity contribution in [3.63, 3.8) is 0 Å². The summed E-state index contributed by atoms with van der Waals surface area (Å²) in [6.45, 7) is 6.46. The summed E-state index contributed by atoms with van der Waals surface area (Å²) in [5.74, 6) is 0. The van der Waals surface area contributed by atoms with Crippen LogP contribution in [0.1, 0.15) is 29.9 Å². The number of aryl methyl sites for hydroxylation is 2. The molecule has 90 valence electrons. The first-order valence-corrected chi connectivity index (χ1v) is 6.06. The summed E-state index contributed by atoms with van der Waals surface area (Å²) in [4.78, 5) is 0. The molecule has 2 aromatic rings. The van der Waals surface area contributed by atoms with Crippen LogP contribution >= 0.6 is 0 Å². The number of hydrogen-bond acceptors (Lipinski definition) is 1. The first-order chi connectivity index (χ1) is 8.13. The van der Waals surface area contributed by atoms with E-state index in [1.807, 2.05) is 7.05 Å². The van der Waals surface area contributed by atoms with Crippen molar-refractivity contribution in [2.24, 2.45) is 0 Å². The molecule has 2 rings (SSSR count). The minimum absolute atomic E-state index is 0.381. The van der Waals surface area contributed by atoms with E-state index in [-0.39, 0.29) is 0 Å². The smallest absolute Gasteiger partial charge is 0.0458 e. The van der Waals surface area contributed by atoms with Crippen molar-refractivity contribution in [1.29, 1.82) is 0 Å². The van der Waals surface area contributed by atoms with Crippen LogP contribution < -0.4 is 5.32 Å². The van der Waals surface area contributed by atoms with Gasteiger partial charge >= 0.3 is 0 Å². The van der Waals surface area contributed by atoms with Crippen molar-refractivity contribution in [2.75, 3.05) is 7.05 Å². The Morgan fingerprint density at radius 3 is 2.29 bits per heavy atom. The van der Waals surface area contributed by atoms with Gasteiger partial charge in [0.1, 0.15) is 0 Å². The van der Waals surface area contributed by atoms with Crippen molar-refractivity contribution in [3.05, 3.63) is 53.3 Å². The summed E-state index contributed by atoms with van der Waals surface area (Å²) in [6.07, 6.45) is 0. The van der Waals surface area contributed by atoms with Gasteiger partial charge in [0.15, 0.2) is 0 Å². The van der Waals surface area contributed by atoms with Crippen molar-refractivity contribution in [1.82, 2.24) is 9.88 Å². The van der Waals surface area contributed by atoms with Crippen LogP contribution in [0.15, 0.2) is 36.4 Å². The van der Waals surface area contributed by atoms with E-state index in [2.05, 4.69) is 67.1 Å². The van der Waals surface area contributed by atoms with E-state index >= 15 is 0 Å². The van der Waals surface area contributed by atoms with Gasteiger partial charge < -0.3 is 9.88 Å². The lowest BCUT2D eigenvalue weighted by Gasteiger charge is -2.14. The molecule has 2 nitrogen and oxygen atoms in total. The van der Waals surface area contributed by atoms with Crippen molar-refractivity contribution < 1.29 is 0 Å². The monoisotopic (exact) mass is 228 g/mol. The van der Waals surface area contributed by atoms with E-state index in [9.17, 15) is 0 Å². The molecule has 0 aliphatic carbocycles. The van der Waals surface area contributed by atoms with Gasteiger partial charge in [0.05, 0.1) is 0 Å². The van der Waals surface area contributed by atoms with Crippen LogP contribution in [0.3, 0.4) is 0 Å². The number of benzene rings is 1. The predicted molar refractivity (Wildman–Crippen MR) is 72.7 cm³/mol. The fraction of sp³-hybridized carbons (Fsp3) is 0.333. The maximum atomic E-state index is 3.27. The Hall–Kier alpha value is -1.54. The summed E-state index contributed by atoms with van der Waals surface area (Å²) in [6, 6.07) is 13.4. The maximum absolute atomic E-state index is 3.27. The highest BCUT2D eigenvalue weighted by molar-refractivity contribution is 5.41. The van der Waals surface area contributed by atoms with Gasteiger partial charge in [-0.05, 0) is 57.6 Å². The zero-order valence-electron chi connectivity index (χ0n) is 11.0. The Balaban J connectivity index is 2.47. The molecule has 0 radical (unpaired) electrons. The second-order valence-corrected chi connectivity index (χ2v) is 4.56.